The molecule has 2 aromatic rings. The molecule has 3 nitrogen and oxygen atoms in total. The molecule has 1 aromatic heterocycles. The molecule has 0 amide bonds. The van der Waals surface area contributed by atoms with Crippen molar-refractivity contribution in [2.24, 2.45) is 5.73 Å². The van der Waals surface area contributed by atoms with E-state index in [1.54, 1.807) is 6.20 Å². The molecule has 1 saturated carbocycles. The Morgan fingerprint density at radius 3 is 2.44 bits per heavy atom. The third kappa shape index (κ3) is 1.85. The van der Waals surface area contributed by atoms with Crippen LogP contribution in [-0.4, -0.2) is 16.3 Å². The molecule has 3 rings (SSSR count). The highest BCUT2D eigenvalue weighted by atomic mass is 15.3. The summed E-state index contributed by atoms with van der Waals surface area (Å²) in [6.07, 6.45) is 8.82. The second kappa shape index (κ2) is 4.58. The Balaban J connectivity index is 1.91. The molecule has 1 aliphatic carbocycles. The van der Waals surface area contributed by atoms with Gasteiger partial charge in [-0.25, -0.2) is 4.68 Å². The summed E-state index contributed by atoms with van der Waals surface area (Å²) >= 11 is 0. The normalized spacial score (nSPS) is 18.1. The quantitative estimate of drug-likeness (QED) is 0.897. The summed E-state index contributed by atoms with van der Waals surface area (Å²) in [5.41, 5.74) is 8.73. The summed E-state index contributed by atoms with van der Waals surface area (Å²) in [6, 6.07) is 10.6. The van der Waals surface area contributed by atoms with Crippen molar-refractivity contribution in [3.8, 4) is 5.69 Å². The molecule has 0 spiro atoms. The first-order valence-electron chi connectivity index (χ1n) is 6.65. The number of rotatable bonds is 3. The van der Waals surface area contributed by atoms with Gasteiger partial charge in [0.2, 0.25) is 0 Å². The van der Waals surface area contributed by atoms with Crippen molar-refractivity contribution in [3.63, 3.8) is 0 Å². The van der Waals surface area contributed by atoms with Gasteiger partial charge in [0.1, 0.15) is 0 Å². The van der Waals surface area contributed by atoms with E-state index in [0.717, 1.165) is 12.2 Å². The Hall–Kier alpha value is -1.61. The van der Waals surface area contributed by atoms with Crippen molar-refractivity contribution in [1.82, 2.24) is 9.78 Å². The van der Waals surface area contributed by atoms with Crippen molar-refractivity contribution in [1.29, 1.82) is 0 Å². The maximum atomic E-state index is 6.02. The van der Waals surface area contributed by atoms with Crippen LogP contribution in [0.15, 0.2) is 42.7 Å². The average molecular weight is 241 g/mol. The molecule has 18 heavy (non-hydrogen) atoms. The van der Waals surface area contributed by atoms with Gasteiger partial charge >= 0.3 is 0 Å². The zero-order valence-electron chi connectivity index (χ0n) is 10.5. The van der Waals surface area contributed by atoms with E-state index in [9.17, 15) is 0 Å². The summed E-state index contributed by atoms with van der Waals surface area (Å²) < 4.78 is 1.88. The average Bonchev–Trinajstić information content (AvgIpc) is 3.11. The van der Waals surface area contributed by atoms with E-state index in [1.165, 1.54) is 31.2 Å². The lowest BCUT2D eigenvalue weighted by Crippen LogP contribution is -2.31. The van der Waals surface area contributed by atoms with Gasteiger partial charge in [0.05, 0.1) is 5.69 Å². The van der Waals surface area contributed by atoms with E-state index in [4.69, 9.17) is 5.73 Å². The van der Waals surface area contributed by atoms with Gasteiger partial charge in [-0.2, -0.15) is 5.10 Å². The van der Waals surface area contributed by atoms with Crippen LogP contribution in [-0.2, 0) is 5.41 Å². The molecule has 0 aliphatic heterocycles. The summed E-state index contributed by atoms with van der Waals surface area (Å²) in [5.74, 6) is 0. The maximum absolute atomic E-state index is 6.02. The number of hydrogen-bond donors (Lipinski definition) is 1. The fourth-order valence-corrected chi connectivity index (χ4v) is 3.05. The molecule has 94 valence electrons. The number of nitrogens with two attached hydrogens (primary N) is 1. The van der Waals surface area contributed by atoms with Crippen LogP contribution in [0.4, 0.5) is 0 Å². The van der Waals surface area contributed by atoms with Gasteiger partial charge in [0.15, 0.2) is 0 Å². The monoisotopic (exact) mass is 241 g/mol. The Kier molecular flexibility index (Phi) is 2.92. The molecule has 1 aliphatic rings. The maximum Gasteiger partial charge on any atom is 0.0645 e. The van der Waals surface area contributed by atoms with Crippen LogP contribution >= 0.6 is 0 Å². The van der Waals surface area contributed by atoms with E-state index in [2.05, 4.69) is 29.4 Å². The second-order valence-corrected chi connectivity index (χ2v) is 5.19. The molecule has 0 atom stereocenters. The third-order valence-corrected chi connectivity index (χ3v) is 4.20. The van der Waals surface area contributed by atoms with Crippen molar-refractivity contribution in [2.75, 3.05) is 6.54 Å². The minimum atomic E-state index is 0.225. The SMILES string of the molecule is NCC1(c2ccc(-n3cccn3)cc2)CCCC1. The highest BCUT2D eigenvalue weighted by Gasteiger charge is 2.33. The van der Waals surface area contributed by atoms with Gasteiger partial charge in [-0.15, -0.1) is 0 Å². The molecule has 0 bridgehead atoms. The fraction of sp³-hybridized carbons (Fsp3) is 0.400. The number of hydrogen-bond acceptors (Lipinski definition) is 2. The van der Waals surface area contributed by atoms with E-state index in [0.29, 0.717) is 0 Å². The summed E-state index contributed by atoms with van der Waals surface area (Å²) in [6.45, 7) is 0.758. The van der Waals surface area contributed by atoms with Gasteiger partial charge in [-0.05, 0) is 36.6 Å². The van der Waals surface area contributed by atoms with E-state index >= 15 is 0 Å². The summed E-state index contributed by atoms with van der Waals surface area (Å²) in [5, 5.41) is 4.24. The van der Waals surface area contributed by atoms with Gasteiger partial charge < -0.3 is 5.73 Å². The third-order valence-electron chi connectivity index (χ3n) is 4.20. The van der Waals surface area contributed by atoms with E-state index < -0.39 is 0 Å². The molecule has 0 saturated heterocycles. The zero-order valence-corrected chi connectivity index (χ0v) is 10.5. The fourth-order valence-electron chi connectivity index (χ4n) is 3.05. The van der Waals surface area contributed by atoms with Gasteiger partial charge in [-0.3, -0.25) is 0 Å². The summed E-state index contributed by atoms with van der Waals surface area (Å²) in [4.78, 5) is 0. The number of nitrogens with zero attached hydrogens (tertiary/aromatic N) is 2. The molecular weight excluding hydrogens is 222 g/mol. The largest absolute Gasteiger partial charge is 0.330 e. The highest BCUT2D eigenvalue weighted by Crippen LogP contribution is 2.40. The predicted octanol–water partition coefficient (Wildman–Crippen LogP) is 2.64. The van der Waals surface area contributed by atoms with Crippen molar-refractivity contribution in [2.45, 2.75) is 31.1 Å². The lowest BCUT2D eigenvalue weighted by molar-refractivity contribution is 0.453. The van der Waals surface area contributed by atoms with Crippen LogP contribution in [0.3, 0.4) is 0 Å². The minimum absolute atomic E-state index is 0.225. The Labute approximate surface area is 108 Å². The van der Waals surface area contributed by atoms with Gasteiger partial charge in [0.25, 0.3) is 0 Å². The molecule has 0 radical (unpaired) electrons. The number of benzene rings is 1. The first-order valence-corrected chi connectivity index (χ1v) is 6.65. The second-order valence-electron chi connectivity index (χ2n) is 5.19. The summed E-state index contributed by atoms with van der Waals surface area (Å²) in [7, 11) is 0. The van der Waals surface area contributed by atoms with Crippen LogP contribution in [0.25, 0.3) is 5.69 Å². The van der Waals surface area contributed by atoms with Crippen LogP contribution in [0.1, 0.15) is 31.2 Å². The van der Waals surface area contributed by atoms with E-state index in [-0.39, 0.29) is 5.41 Å². The smallest absolute Gasteiger partial charge is 0.0645 e. The molecule has 1 fully saturated rings. The topological polar surface area (TPSA) is 43.8 Å². The standard InChI is InChI=1S/C15H19N3/c16-12-15(8-1-2-9-15)13-4-6-14(7-5-13)18-11-3-10-17-18/h3-7,10-11H,1-2,8-9,12,16H2. The van der Waals surface area contributed by atoms with Crippen molar-refractivity contribution < 1.29 is 0 Å². The molecular formula is C15H19N3. The van der Waals surface area contributed by atoms with Crippen LogP contribution in [0, 0.1) is 0 Å². The van der Waals surface area contributed by atoms with Crippen molar-refractivity contribution in [3.05, 3.63) is 48.3 Å². The molecule has 1 heterocycles. The first kappa shape index (κ1) is 11.5. The highest BCUT2D eigenvalue weighted by molar-refractivity contribution is 5.37. The minimum Gasteiger partial charge on any atom is -0.330 e. The van der Waals surface area contributed by atoms with E-state index in [1.807, 2.05) is 16.9 Å². The predicted molar refractivity (Wildman–Crippen MR) is 72.8 cm³/mol. The van der Waals surface area contributed by atoms with Crippen LogP contribution in [0.5, 0.6) is 0 Å². The van der Waals surface area contributed by atoms with Crippen molar-refractivity contribution >= 4 is 0 Å². The van der Waals surface area contributed by atoms with Gasteiger partial charge in [0, 0.05) is 24.4 Å². The first-order chi connectivity index (χ1) is 8.84. The number of aromatic nitrogens is 2. The van der Waals surface area contributed by atoms with Crippen LogP contribution in [0.2, 0.25) is 0 Å². The molecule has 0 unspecified atom stereocenters. The lowest BCUT2D eigenvalue weighted by atomic mass is 9.79. The Bertz CT molecular complexity index is 493. The van der Waals surface area contributed by atoms with Gasteiger partial charge in [-0.1, -0.05) is 25.0 Å². The molecule has 3 heteroatoms. The Morgan fingerprint density at radius 1 is 1.17 bits per heavy atom. The Morgan fingerprint density at radius 2 is 1.89 bits per heavy atom. The zero-order chi connectivity index (χ0) is 12.4. The molecule has 1 aromatic carbocycles. The lowest BCUT2D eigenvalue weighted by Gasteiger charge is -2.28. The van der Waals surface area contributed by atoms with Crippen LogP contribution < -0.4 is 5.73 Å². The molecule has 2 N–H and O–H groups in total.